The molecular formula is C30H32N4O4S. The van der Waals surface area contributed by atoms with E-state index in [0.717, 1.165) is 17.7 Å². The molecule has 0 radical (unpaired) electrons. The predicted octanol–water partition coefficient (Wildman–Crippen LogP) is 5.05. The summed E-state index contributed by atoms with van der Waals surface area (Å²) in [5, 5.41) is 10.4. The Bertz CT molecular complexity index is 1560. The van der Waals surface area contributed by atoms with Gasteiger partial charge in [-0.25, -0.2) is 13.1 Å². The molecule has 0 fully saturated rings. The number of hydrogen-bond acceptors (Lipinski definition) is 5. The number of aromatic nitrogens is 2. The minimum atomic E-state index is -4.13. The molecule has 3 aromatic carbocycles. The first kappa shape index (κ1) is 27.8. The van der Waals surface area contributed by atoms with Crippen LogP contribution >= 0.6 is 0 Å². The second kappa shape index (κ2) is 12.1. The van der Waals surface area contributed by atoms with Crippen molar-refractivity contribution in [2.45, 2.75) is 44.4 Å². The van der Waals surface area contributed by atoms with Crippen LogP contribution in [-0.2, 0) is 16.4 Å². The Labute approximate surface area is 228 Å². The number of benzene rings is 3. The molecule has 0 aliphatic carbocycles. The van der Waals surface area contributed by atoms with Crippen molar-refractivity contribution in [3.8, 4) is 11.1 Å². The number of rotatable bonds is 10. The zero-order valence-corrected chi connectivity index (χ0v) is 23.0. The lowest BCUT2D eigenvalue weighted by Gasteiger charge is -2.12. The van der Waals surface area contributed by atoms with Crippen molar-refractivity contribution < 1.29 is 18.0 Å². The van der Waals surface area contributed by atoms with E-state index in [1.54, 1.807) is 48.5 Å². The van der Waals surface area contributed by atoms with Crippen molar-refractivity contribution in [3.05, 3.63) is 107 Å². The van der Waals surface area contributed by atoms with E-state index < -0.39 is 15.9 Å². The molecule has 4 aromatic rings. The van der Waals surface area contributed by atoms with Gasteiger partial charge in [0, 0.05) is 24.1 Å². The van der Waals surface area contributed by atoms with E-state index >= 15 is 0 Å². The quantitative estimate of drug-likeness (QED) is 0.258. The van der Waals surface area contributed by atoms with E-state index in [4.69, 9.17) is 0 Å². The summed E-state index contributed by atoms with van der Waals surface area (Å²) in [6.07, 6.45) is 1.27. The number of H-pyrrole nitrogens is 1. The zero-order valence-electron chi connectivity index (χ0n) is 22.2. The van der Waals surface area contributed by atoms with Gasteiger partial charge >= 0.3 is 0 Å². The molecule has 0 unspecified atom stereocenters. The predicted molar refractivity (Wildman–Crippen MR) is 151 cm³/mol. The largest absolute Gasteiger partial charge is 0.352 e. The first-order chi connectivity index (χ1) is 18.7. The minimum absolute atomic E-state index is 0.00536. The Morgan fingerprint density at radius 3 is 2.23 bits per heavy atom. The lowest BCUT2D eigenvalue weighted by atomic mass is 9.98. The van der Waals surface area contributed by atoms with Gasteiger partial charge in [0.25, 0.3) is 21.8 Å². The Morgan fingerprint density at radius 1 is 0.897 bits per heavy atom. The lowest BCUT2D eigenvalue weighted by Crippen LogP contribution is -2.30. The molecule has 9 heteroatoms. The molecule has 4 rings (SSSR count). The molecule has 1 aromatic heterocycles. The van der Waals surface area contributed by atoms with Gasteiger partial charge in [0.05, 0.1) is 21.8 Å². The van der Waals surface area contributed by atoms with E-state index in [0.29, 0.717) is 35.3 Å². The number of aromatic amines is 1. The molecule has 0 saturated carbocycles. The molecule has 202 valence electrons. The van der Waals surface area contributed by atoms with Crippen LogP contribution in [-0.4, -0.2) is 37.0 Å². The van der Waals surface area contributed by atoms with Crippen molar-refractivity contribution in [1.29, 1.82) is 0 Å². The minimum Gasteiger partial charge on any atom is -0.352 e. The van der Waals surface area contributed by atoms with Crippen LogP contribution < -0.4 is 10.0 Å². The molecule has 3 N–H and O–H groups in total. The van der Waals surface area contributed by atoms with Gasteiger partial charge in [-0.1, -0.05) is 81.4 Å². The second-order valence-electron chi connectivity index (χ2n) is 9.54. The van der Waals surface area contributed by atoms with Crippen molar-refractivity contribution >= 4 is 21.8 Å². The number of hydrogen-bond donors (Lipinski definition) is 3. The molecule has 1 heterocycles. The summed E-state index contributed by atoms with van der Waals surface area (Å²) in [6.45, 7) is 6.61. The lowest BCUT2D eigenvalue weighted by molar-refractivity contribution is 0.0949. The topological polar surface area (TPSA) is 121 Å². The summed E-state index contributed by atoms with van der Waals surface area (Å²) < 4.78 is 28.5. The third-order valence-electron chi connectivity index (χ3n) is 6.29. The van der Waals surface area contributed by atoms with Gasteiger partial charge in [0.15, 0.2) is 0 Å². The van der Waals surface area contributed by atoms with Crippen LogP contribution in [0.1, 0.15) is 70.8 Å². The maximum absolute atomic E-state index is 13.2. The van der Waals surface area contributed by atoms with Gasteiger partial charge in [-0.15, -0.1) is 0 Å². The van der Waals surface area contributed by atoms with Crippen molar-refractivity contribution in [2.75, 3.05) is 6.54 Å². The Hall–Kier alpha value is -4.24. The van der Waals surface area contributed by atoms with E-state index in [9.17, 15) is 18.0 Å². The summed E-state index contributed by atoms with van der Waals surface area (Å²) >= 11 is 0. The van der Waals surface area contributed by atoms with E-state index in [1.807, 2.05) is 45.0 Å². The second-order valence-corrected chi connectivity index (χ2v) is 11.2. The van der Waals surface area contributed by atoms with Gasteiger partial charge in [0.2, 0.25) is 0 Å². The average Bonchev–Trinajstić information content (AvgIpc) is 3.36. The van der Waals surface area contributed by atoms with Gasteiger partial charge in [-0.3, -0.25) is 14.7 Å². The monoisotopic (exact) mass is 544 g/mol. The fourth-order valence-electron chi connectivity index (χ4n) is 4.28. The van der Waals surface area contributed by atoms with Crippen LogP contribution in [0.3, 0.4) is 0 Å². The summed E-state index contributed by atoms with van der Waals surface area (Å²) in [6, 6.07) is 22.2. The Balaban J connectivity index is 1.59. The van der Waals surface area contributed by atoms with Crippen LogP contribution in [0.25, 0.3) is 11.1 Å². The number of amides is 2. The van der Waals surface area contributed by atoms with Crippen molar-refractivity contribution in [3.63, 3.8) is 0 Å². The Morgan fingerprint density at radius 2 is 1.56 bits per heavy atom. The summed E-state index contributed by atoms with van der Waals surface area (Å²) in [5.41, 5.74) is 4.36. The molecule has 0 bridgehead atoms. The Kier molecular flexibility index (Phi) is 8.61. The number of carbonyl (C=O) groups excluding carboxylic acids is 2. The highest BCUT2D eigenvalue weighted by molar-refractivity contribution is 7.90. The smallest absolute Gasteiger partial charge is 0.264 e. The number of nitrogens with one attached hydrogen (secondary N) is 3. The highest BCUT2D eigenvalue weighted by Crippen LogP contribution is 2.29. The fraction of sp³-hybridized carbons (Fsp3) is 0.233. The highest BCUT2D eigenvalue weighted by atomic mass is 32.2. The zero-order chi connectivity index (χ0) is 28.0. The van der Waals surface area contributed by atoms with Gasteiger partial charge in [-0.05, 0) is 41.7 Å². The molecular weight excluding hydrogens is 512 g/mol. The maximum Gasteiger partial charge on any atom is 0.264 e. The van der Waals surface area contributed by atoms with Crippen LogP contribution in [0.4, 0.5) is 0 Å². The normalized spacial score (nSPS) is 11.4. The van der Waals surface area contributed by atoms with Gasteiger partial charge in [0.1, 0.15) is 0 Å². The average molecular weight is 545 g/mol. The number of sulfonamides is 1. The molecule has 0 saturated heterocycles. The summed E-state index contributed by atoms with van der Waals surface area (Å²) in [7, 11) is -4.13. The van der Waals surface area contributed by atoms with Crippen LogP contribution in [0.5, 0.6) is 0 Å². The maximum atomic E-state index is 13.2. The van der Waals surface area contributed by atoms with E-state index in [1.165, 1.54) is 6.07 Å². The molecule has 0 aliphatic heterocycles. The molecule has 0 spiro atoms. The van der Waals surface area contributed by atoms with Crippen LogP contribution in [0.15, 0.2) is 83.8 Å². The fourth-order valence-corrected chi connectivity index (χ4v) is 5.49. The molecule has 0 atom stereocenters. The summed E-state index contributed by atoms with van der Waals surface area (Å²) in [4.78, 5) is 25.4. The first-order valence-electron chi connectivity index (χ1n) is 12.9. The first-order valence-corrected chi connectivity index (χ1v) is 14.4. The van der Waals surface area contributed by atoms with E-state index in [2.05, 4.69) is 20.2 Å². The van der Waals surface area contributed by atoms with Crippen LogP contribution in [0, 0.1) is 0 Å². The van der Waals surface area contributed by atoms with Crippen LogP contribution in [0.2, 0.25) is 0 Å². The standard InChI is InChI=1S/C30H32N4O4S/c1-4-18-31-30(36)27-25(32-33-28(27)20(2)3)19-21-14-16-22(17-15-21)24-12-8-9-13-26(24)39(37,38)34-29(35)23-10-6-5-7-11-23/h5-17,20H,4,18-19H2,1-3H3,(H,31,36)(H,32,33)(H,34,35). The van der Waals surface area contributed by atoms with Crippen molar-refractivity contribution in [1.82, 2.24) is 20.2 Å². The molecule has 0 aliphatic rings. The number of nitrogens with zero attached hydrogens (tertiary/aromatic N) is 1. The SMILES string of the molecule is CCCNC(=O)c1c(Cc2ccc(-c3ccccc3S(=O)(=O)NC(=O)c3ccccc3)cc2)n[nH]c1C(C)C. The molecule has 8 nitrogen and oxygen atoms in total. The summed E-state index contributed by atoms with van der Waals surface area (Å²) in [5.74, 6) is -0.728. The van der Waals surface area contributed by atoms with E-state index in [-0.39, 0.29) is 22.3 Å². The number of carbonyl (C=O) groups is 2. The van der Waals surface area contributed by atoms with Gasteiger partial charge in [-0.2, -0.15) is 5.10 Å². The van der Waals surface area contributed by atoms with Gasteiger partial charge < -0.3 is 5.32 Å². The third-order valence-corrected chi connectivity index (χ3v) is 7.67. The molecule has 39 heavy (non-hydrogen) atoms. The highest BCUT2D eigenvalue weighted by Gasteiger charge is 2.24. The third kappa shape index (κ3) is 6.43. The van der Waals surface area contributed by atoms with Crippen molar-refractivity contribution in [2.24, 2.45) is 0 Å². The molecule has 2 amide bonds.